The minimum atomic E-state index is 0.505. The van der Waals surface area contributed by atoms with Gasteiger partial charge in [0.15, 0.2) is 5.65 Å². The highest BCUT2D eigenvalue weighted by Gasteiger charge is 2.22. The normalized spacial score (nSPS) is 11.7. The Labute approximate surface area is 176 Å². The van der Waals surface area contributed by atoms with E-state index in [1.54, 1.807) is 11.3 Å². The van der Waals surface area contributed by atoms with Crippen molar-refractivity contribution in [1.29, 1.82) is 0 Å². The van der Waals surface area contributed by atoms with Crippen molar-refractivity contribution in [2.75, 3.05) is 0 Å². The third kappa shape index (κ3) is 3.38. The van der Waals surface area contributed by atoms with E-state index in [1.165, 1.54) is 21.6 Å². The Kier molecular flexibility index (Phi) is 5.26. The topological polar surface area (TPSA) is 43.1 Å². The highest BCUT2D eigenvalue weighted by Crippen LogP contribution is 2.39. The van der Waals surface area contributed by atoms with Crippen molar-refractivity contribution in [3.63, 3.8) is 0 Å². The highest BCUT2D eigenvalue weighted by atomic mass is 32.1. The largest absolute Gasteiger partial charge is 0.253 e. The second-order valence-corrected chi connectivity index (χ2v) is 8.68. The molecule has 0 radical (unpaired) electrons. The maximum atomic E-state index is 4.98. The van der Waals surface area contributed by atoms with Crippen molar-refractivity contribution in [2.45, 2.75) is 60.3 Å². The molecule has 0 atom stereocenters. The molecule has 0 saturated heterocycles. The third-order valence-corrected chi connectivity index (χ3v) is 6.84. The molecule has 0 aliphatic carbocycles. The molecule has 4 aromatic rings. The minimum Gasteiger partial charge on any atom is -0.253 e. The van der Waals surface area contributed by atoms with Gasteiger partial charge in [-0.15, -0.1) is 11.3 Å². The standard InChI is InChI=1S/C24H28N4S/c1-7-18(8-2)19-12-15(4)27-28-22(17(6)26-24(19)28)23-16(5)20(13-29-23)21-11-9-10-14(3)25-21/h9-13,18H,7-8H2,1-6H3. The molecule has 0 saturated carbocycles. The van der Waals surface area contributed by atoms with Gasteiger partial charge in [-0.25, -0.2) is 9.50 Å². The van der Waals surface area contributed by atoms with Crippen LogP contribution in [-0.4, -0.2) is 19.6 Å². The Hall–Kier alpha value is -2.53. The Bertz CT molecular complexity index is 1180. The number of hydrogen-bond acceptors (Lipinski definition) is 4. The maximum Gasteiger partial charge on any atom is 0.158 e. The molecule has 0 N–H and O–H groups in total. The number of thiophene rings is 1. The van der Waals surface area contributed by atoms with Crippen LogP contribution in [-0.2, 0) is 0 Å². The summed E-state index contributed by atoms with van der Waals surface area (Å²) in [5.74, 6) is 0.505. The first-order chi connectivity index (χ1) is 13.9. The molecule has 0 aromatic carbocycles. The molecule has 0 unspecified atom stereocenters. The summed E-state index contributed by atoms with van der Waals surface area (Å²) in [6.45, 7) is 12.9. The van der Waals surface area contributed by atoms with Gasteiger partial charge in [-0.05, 0) is 70.2 Å². The van der Waals surface area contributed by atoms with E-state index in [0.29, 0.717) is 5.92 Å². The molecule has 4 aromatic heterocycles. The summed E-state index contributed by atoms with van der Waals surface area (Å²) >= 11 is 1.75. The van der Waals surface area contributed by atoms with Gasteiger partial charge in [0.1, 0.15) is 5.69 Å². The van der Waals surface area contributed by atoms with E-state index < -0.39 is 0 Å². The lowest BCUT2D eigenvalue weighted by molar-refractivity contribution is 0.638. The van der Waals surface area contributed by atoms with Crippen LogP contribution in [0.2, 0.25) is 0 Å². The van der Waals surface area contributed by atoms with Gasteiger partial charge in [-0.1, -0.05) is 19.9 Å². The summed E-state index contributed by atoms with van der Waals surface area (Å²) in [7, 11) is 0. The van der Waals surface area contributed by atoms with E-state index in [1.807, 2.05) is 13.0 Å². The zero-order valence-electron chi connectivity index (χ0n) is 18.1. The van der Waals surface area contributed by atoms with E-state index in [4.69, 9.17) is 15.1 Å². The number of pyridine rings is 1. The molecule has 4 heterocycles. The molecule has 0 fully saturated rings. The van der Waals surface area contributed by atoms with Crippen LogP contribution in [0.3, 0.4) is 0 Å². The number of hydrogen-bond donors (Lipinski definition) is 0. The van der Waals surface area contributed by atoms with Crippen molar-refractivity contribution in [1.82, 2.24) is 19.6 Å². The summed E-state index contributed by atoms with van der Waals surface area (Å²) in [6.07, 6.45) is 2.22. The molecule has 150 valence electrons. The Balaban J connectivity index is 1.93. The van der Waals surface area contributed by atoms with Crippen LogP contribution < -0.4 is 0 Å². The Morgan fingerprint density at radius 2 is 1.76 bits per heavy atom. The average Bonchev–Trinajstić information content (AvgIpc) is 3.21. The van der Waals surface area contributed by atoms with Crippen LogP contribution in [0.15, 0.2) is 29.6 Å². The zero-order valence-corrected chi connectivity index (χ0v) is 18.9. The van der Waals surface area contributed by atoms with Gasteiger partial charge in [-0.2, -0.15) is 5.10 Å². The van der Waals surface area contributed by atoms with Crippen molar-refractivity contribution >= 4 is 17.0 Å². The fourth-order valence-corrected chi connectivity index (χ4v) is 5.33. The van der Waals surface area contributed by atoms with Gasteiger partial charge < -0.3 is 0 Å². The van der Waals surface area contributed by atoms with Crippen molar-refractivity contribution in [3.8, 4) is 21.8 Å². The summed E-state index contributed by atoms with van der Waals surface area (Å²) < 4.78 is 2.07. The van der Waals surface area contributed by atoms with Crippen LogP contribution in [0.1, 0.15) is 60.8 Å². The van der Waals surface area contributed by atoms with Gasteiger partial charge in [0.25, 0.3) is 0 Å². The average molecular weight is 405 g/mol. The SMILES string of the molecule is CCC(CC)c1cc(C)nn2c(-c3scc(-c4cccc(C)n4)c3C)c(C)nc12. The molecule has 4 nitrogen and oxygen atoms in total. The van der Waals surface area contributed by atoms with Gasteiger partial charge >= 0.3 is 0 Å². The van der Waals surface area contributed by atoms with Gasteiger partial charge in [-0.3, -0.25) is 4.98 Å². The molecular formula is C24H28N4S. The second kappa shape index (κ2) is 7.71. The van der Waals surface area contributed by atoms with Crippen LogP contribution in [0.5, 0.6) is 0 Å². The van der Waals surface area contributed by atoms with Crippen LogP contribution in [0.25, 0.3) is 27.5 Å². The van der Waals surface area contributed by atoms with Crippen molar-refractivity contribution in [3.05, 3.63) is 57.9 Å². The number of imidazole rings is 1. The number of aromatic nitrogens is 4. The summed E-state index contributed by atoms with van der Waals surface area (Å²) in [6, 6.07) is 8.40. The Morgan fingerprint density at radius 1 is 1.00 bits per heavy atom. The number of nitrogens with zero attached hydrogens (tertiary/aromatic N) is 4. The predicted molar refractivity (Wildman–Crippen MR) is 122 cm³/mol. The first-order valence-electron chi connectivity index (χ1n) is 10.3. The van der Waals surface area contributed by atoms with Crippen LogP contribution in [0.4, 0.5) is 0 Å². The zero-order chi connectivity index (χ0) is 20.7. The molecule has 0 aliphatic rings. The lowest BCUT2D eigenvalue weighted by Gasteiger charge is -2.14. The second-order valence-electron chi connectivity index (χ2n) is 7.80. The summed E-state index contributed by atoms with van der Waals surface area (Å²) in [4.78, 5) is 10.9. The van der Waals surface area contributed by atoms with E-state index >= 15 is 0 Å². The smallest absolute Gasteiger partial charge is 0.158 e. The monoisotopic (exact) mass is 404 g/mol. The molecule has 0 aliphatic heterocycles. The van der Waals surface area contributed by atoms with Crippen LogP contribution >= 0.6 is 11.3 Å². The fraction of sp³-hybridized carbons (Fsp3) is 0.375. The Morgan fingerprint density at radius 3 is 2.45 bits per heavy atom. The molecular weight excluding hydrogens is 376 g/mol. The molecule has 29 heavy (non-hydrogen) atoms. The minimum absolute atomic E-state index is 0.505. The lowest BCUT2D eigenvalue weighted by Crippen LogP contribution is -2.05. The molecule has 0 spiro atoms. The van der Waals surface area contributed by atoms with Gasteiger partial charge in [0.05, 0.1) is 22.0 Å². The summed E-state index contributed by atoms with van der Waals surface area (Å²) in [5.41, 5.74) is 9.98. The number of fused-ring (bicyclic) bond motifs is 1. The third-order valence-electron chi connectivity index (χ3n) is 5.75. The van der Waals surface area contributed by atoms with Crippen molar-refractivity contribution < 1.29 is 0 Å². The van der Waals surface area contributed by atoms with Crippen molar-refractivity contribution in [2.24, 2.45) is 0 Å². The maximum absolute atomic E-state index is 4.98. The lowest BCUT2D eigenvalue weighted by atomic mass is 9.95. The van der Waals surface area contributed by atoms with Gasteiger partial charge in [0.2, 0.25) is 0 Å². The van der Waals surface area contributed by atoms with Gasteiger partial charge in [0, 0.05) is 22.2 Å². The highest BCUT2D eigenvalue weighted by molar-refractivity contribution is 7.14. The summed E-state index contributed by atoms with van der Waals surface area (Å²) in [5, 5.41) is 7.08. The first-order valence-corrected chi connectivity index (χ1v) is 11.2. The van der Waals surface area contributed by atoms with E-state index in [-0.39, 0.29) is 0 Å². The number of aryl methyl sites for hydroxylation is 3. The van der Waals surface area contributed by atoms with E-state index in [0.717, 1.165) is 47.0 Å². The molecule has 4 rings (SSSR count). The first kappa shape index (κ1) is 19.8. The molecule has 0 amide bonds. The van der Waals surface area contributed by atoms with Crippen LogP contribution in [0, 0.1) is 27.7 Å². The molecule has 5 heteroatoms. The van der Waals surface area contributed by atoms with E-state index in [2.05, 4.69) is 62.7 Å². The predicted octanol–water partition coefficient (Wildman–Crippen LogP) is 6.66. The number of rotatable bonds is 5. The van der Waals surface area contributed by atoms with E-state index in [9.17, 15) is 0 Å². The molecule has 0 bridgehead atoms. The quantitative estimate of drug-likeness (QED) is 0.374. The fourth-order valence-electron chi connectivity index (χ4n) is 4.16.